The molecule has 2 aliphatic carbocycles. The summed E-state index contributed by atoms with van der Waals surface area (Å²) in [6.07, 6.45) is 5.31. The Balaban J connectivity index is 2.15. The van der Waals surface area contributed by atoms with Crippen molar-refractivity contribution < 1.29 is 16.8 Å². The van der Waals surface area contributed by atoms with Gasteiger partial charge in [0.1, 0.15) is 0 Å². The van der Waals surface area contributed by atoms with Crippen molar-refractivity contribution in [3.05, 3.63) is 0 Å². The molecule has 0 aromatic carbocycles. The second-order valence-electron chi connectivity index (χ2n) is 6.75. The maximum Gasteiger partial charge on any atom is 0.256 e. The monoisotopic (exact) mass is 322 g/mol. The Morgan fingerprint density at radius 1 is 0.550 bits per heavy atom. The minimum Gasteiger partial charge on any atom is -0.212 e. The van der Waals surface area contributed by atoms with Crippen LogP contribution in [0.3, 0.4) is 0 Å². The fourth-order valence-corrected chi connectivity index (χ4v) is 9.30. The van der Waals surface area contributed by atoms with E-state index in [9.17, 15) is 16.8 Å². The molecule has 4 nitrogen and oxygen atoms in total. The Hall–Kier alpha value is -0.100. The molecule has 0 spiro atoms. The highest BCUT2D eigenvalue weighted by atomic mass is 33.2. The highest BCUT2D eigenvalue weighted by Crippen LogP contribution is 2.36. The smallest absolute Gasteiger partial charge is 0.212 e. The van der Waals surface area contributed by atoms with Gasteiger partial charge in [0.25, 0.3) is 17.7 Å². The molecule has 20 heavy (non-hydrogen) atoms. The van der Waals surface area contributed by atoms with Crippen LogP contribution in [0.5, 0.6) is 0 Å². The van der Waals surface area contributed by atoms with E-state index in [1.807, 2.05) is 0 Å². The minimum atomic E-state index is -4.03. The first-order valence-corrected chi connectivity index (χ1v) is 11.3. The van der Waals surface area contributed by atoms with Crippen LogP contribution in [-0.2, 0) is 17.7 Å². The van der Waals surface area contributed by atoms with Crippen LogP contribution in [-0.4, -0.2) is 27.3 Å². The third-order valence-corrected chi connectivity index (χ3v) is 11.9. The lowest BCUT2D eigenvalue weighted by Gasteiger charge is -2.30. The molecule has 0 heterocycles. The van der Waals surface area contributed by atoms with E-state index in [1.165, 1.54) is 0 Å². The topological polar surface area (TPSA) is 68.3 Å². The average molecular weight is 322 g/mol. The first-order chi connectivity index (χ1) is 9.25. The van der Waals surface area contributed by atoms with E-state index in [1.54, 1.807) is 0 Å². The molecule has 2 fully saturated rings. The highest BCUT2D eigenvalue weighted by Gasteiger charge is 2.44. The summed E-state index contributed by atoms with van der Waals surface area (Å²) in [5, 5.41) is -1.33. The molecule has 2 aliphatic rings. The van der Waals surface area contributed by atoms with Gasteiger partial charge in [-0.05, 0) is 63.2 Å². The van der Waals surface area contributed by atoms with Gasteiger partial charge in [-0.25, -0.2) is 16.8 Å². The SMILES string of the molecule is CC1CCC(S(=O)(=O)S(=O)(=O)C2CCC(C)CC2)CC1. The van der Waals surface area contributed by atoms with Crippen LogP contribution < -0.4 is 0 Å². The Morgan fingerprint density at radius 3 is 1.05 bits per heavy atom. The summed E-state index contributed by atoms with van der Waals surface area (Å²) in [6, 6.07) is 0. The molecule has 0 aliphatic heterocycles. The van der Waals surface area contributed by atoms with E-state index in [0.717, 1.165) is 25.7 Å². The minimum absolute atomic E-state index is 0.506. The molecular formula is C14H26O4S2. The van der Waals surface area contributed by atoms with E-state index >= 15 is 0 Å². The van der Waals surface area contributed by atoms with E-state index in [4.69, 9.17) is 0 Å². The first kappa shape index (κ1) is 16.3. The zero-order chi connectivity index (χ0) is 15.0. The summed E-state index contributed by atoms with van der Waals surface area (Å²) in [5.74, 6) is 1.03. The van der Waals surface area contributed by atoms with Gasteiger partial charge in [0.15, 0.2) is 0 Å². The van der Waals surface area contributed by atoms with Crippen LogP contribution in [0.4, 0.5) is 0 Å². The van der Waals surface area contributed by atoms with Crippen LogP contribution >= 0.6 is 0 Å². The van der Waals surface area contributed by atoms with Crippen molar-refractivity contribution in [2.75, 3.05) is 0 Å². The summed E-state index contributed by atoms with van der Waals surface area (Å²) >= 11 is 0. The average Bonchev–Trinajstić information content (AvgIpc) is 2.39. The van der Waals surface area contributed by atoms with Gasteiger partial charge in [0.05, 0.1) is 10.5 Å². The Labute approximate surface area is 122 Å². The standard InChI is InChI=1S/C14H26O4S2/c1-11-3-7-13(8-4-11)19(15,16)20(17,18)14-9-5-12(2)6-10-14/h11-14H,3-10H2,1-2H3. The van der Waals surface area contributed by atoms with Gasteiger partial charge >= 0.3 is 0 Å². The van der Waals surface area contributed by atoms with Crippen molar-refractivity contribution in [1.82, 2.24) is 0 Å². The fourth-order valence-electron chi connectivity index (χ4n) is 3.42. The van der Waals surface area contributed by atoms with Crippen LogP contribution in [0, 0.1) is 11.8 Å². The normalized spacial score (nSPS) is 36.7. The highest BCUT2D eigenvalue weighted by molar-refractivity contribution is 8.67. The molecule has 6 heteroatoms. The number of hydrogen-bond donors (Lipinski definition) is 0. The second kappa shape index (κ2) is 5.95. The van der Waals surface area contributed by atoms with Crippen molar-refractivity contribution in [3.63, 3.8) is 0 Å². The van der Waals surface area contributed by atoms with Crippen molar-refractivity contribution in [2.24, 2.45) is 11.8 Å². The van der Waals surface area contributed by atoms with Crippen LogP contribution in [0.25, 0.3) is 0 Å². The van der Waals surface area contributed by atoms with Crippen LogP contribution in [0.15, 0.2) is 0 Å². The second-order valence-corrected chi connectivity index (χ2v) is 12.8. The fraction of sp³-hybridized carbons (Fsp3) is 1.00. The van der Waals surface area contributed by atoms with Crippen molar-refractivity contribution >= 4 is 17.7 Å². The molecule has 0 radical (unpaired) electrons. The van der Waals surface area contributed by atoms with Gasteiger partial charge in [0, 0.05) is 0 Å². The maximum atomic E-state index is 12.5. The summed E-state index contributed by atoms with van der Waals surface area (Å²) < 4.78 is 50.0. The maximum absolute atomic E-state index is 12.5. The quantitative estimate of drug-likeness (QED) is 0.749. The molecule has 0 aromatic heterocycles. The third kappa shape index (κ3) is 3.06. The van der Waals surface area contributed by atoms with Gasteiger partial charge in [-0.2, -0.15) is 0 Å². The predicted octanol–water partition coefficient (Wildman–Crippen LogP) is 2.89. The van der Waals surface area contributed by atoms with Crippen LogP contribution in [0.1, 0.15) is 65.2 Å². The van der Waals surface area contributed by atoms with E-state index in [0.29, 0.717) is 37.5 Å². The van der Waals surface area contributed by atoms with Gasteiger partial charge < -0.3 is 0 Å². The first-order valence-electron chi connectivity index (χ1n) is 7.73. The summed E-state index contributed by atoms with van der Waals surface area (Å²) in [6.45, 7) is 4.19. The lowest BCUT2D eigenvalue weighted by molar-refractivity contribution is 0.379. The zero-order valence-electron chi connectivity index (χ0n) is 12.4. The number of hydrogen-bond acceptors (Lipinski definition) is 4. The predicted molar refractivity (Wildman–Crippen MR) is 80.7 cm³/mol. The number of rotatable bonds is 3. The molecule has 0 bridgehead atoms. The lowest BCUT2D eigenvalue weighted by atomic mass is 9.91. The molecule has 2 saturated carbocycles. The van der Waals surface area contributed by atoms with E-state index in [-0.39, 0.29) is 0 Å². The summed E-state index contributed by atoms with van der Waals surface area (Å²) in [4.78, 5) is 0. The van der Waals surface area contributed by atoms with Gasteiger partial charge in [-0.15, -0.1) is 0 Å². The molecule has 0 N–H and O–H groups in total. The zero-order valence-corrected chi connectivity index (χ0v) is 14.0. The van der Waals surface area contributed by atoms with Crippen LogP contribution in [0.2, 0.25) is 0 Å². The lowest BCUT2D eigenvalue weighted by Crippen LogP contribution is -2.39. The molecule has 118 valence electrons. The molecule has 0 unspecified atom stereocenters. The molecule has 0 atom stereocenters. The Kier molecular flexibility index (Phi) is 4.84. The van der Waals surface area contributed by atoms with Gasteiger partial charge in [-0.3, -0.25) is 0 Å². The van der Waals surface area contributed by atoms with E-state index in [2.05, 4.69) is 13.8 Å². The molecule has 2 rings (SSSR count). The van der Waals surface area contributed by atoms with Crippen molar-refractivity contribution in [2.45, 2.75) is 75.7 Å². The van der Waals surface area contributed by atoms with Gasteiger partial charge in [0.2, 0.25) is 0 Å². The van der Waals surface area contributed by atoms with Gasteiger partial charge in [-0.1, -0.05) is 13.8 Å². The Bertz CT molecular complexity index is 470. The van der Waals surface area contributed by atoms with Crippen molar-refractivity contribution in [1.29, 1.82) is 0 Å². The third-order valence-electron chi connectivity index (χ3n) is 5.07. The largest absolute Gasteiger partial charge is 0.256 e. The molecule has 0 saturated heterocycles. The molecule has 0 aromatic rings. The summed E-state index contributed by atoms with van der Waals surface area (Å²) in [5.41, 5.74) is 0. The summed E-state index contributed by atoms with van der Waals surface area (Å²) in [7, 11) is -8.06. The van der Waals surface area contributed by atoms with Crippen molar-refractivity contribution in [3.8, 4) is 0 Å². The molecular weight excluding hydrogens is 296 g/mol. The molecule has 0 amide bonds. The van der Waals surface area contributed by atoms with E-state index < -0.39 is 28.2 Å². The Morgan fingerprint density at radius 2 is 0.800 bits per heavy atom.